The van der Waals surface area contributed by atoms with Crippen molar-refractivity contribution < 1.29 is 28.7 Å². The van der Waals surface area contributed by atoms with Gasteiger partial charge < -0.3 is 9.47 Å². The number of carbonyl (C=O) groups excluding carboxylic acids is 4. The lowest BCUT2D eigenvalue weighted by atomic mass is 9.88. The molecule has 0 bridgehead atoms. The van der Waals surface area contributed by atoms with Crippen LogP contribution in [0.15, 0.2) is 72.8 Å². The van der Waals surface area contributed by atoms with E-state index in [1.807, 2.05) is 101 Å². The largest absolute Gasteiger partial charge is 0.447 e. The molecule has 0 radical (unpaired) electrons. The van der Waals surface area contributed by atoms with E-state index >= 15 is 0 Å². The summed E-state index contributed by atoms with van der Waals surface area (Å²) in [7, 11) is 0. The van der Waals surface area contributed by atoms with Crippen LogP contribution in [0.1, 0.15) is 51.7 Å². The molecule has 42 heavy (non-hydrogen) atoms. The molecular formula is C34H42N2O6. The van der Waals surface area contributed by atoms with E-state index in [9.17, 15) is 19.2 Å². The van der Waals surface area contributed by atoms with Gasteiger partial charge >= 0.3 is 12.2 Å². The van der Waals surface area contributed by atoms with Crippen molar-refractivity contribution in [3.05, 3.63) is 83.9 Å². The van der Waals surface area contributed by atoms with Crippen LogP contribution < -0.4 is 0 Å². The highest BCUT2D eigenvalue weighted by Gasteiger charge is 2.42. The molecule has 2 heterocycles. The average Bonchev–Trinajstić information content (AvgIpc) is 3.51. The zero-order valence-corrected chi connectivity index (χ0v) is 25.0. The summed E-state index contributed by atoms with van der Waals surface area (Å²) in [5, 5.41) is 0. The summed E-state index contributed by atoms with van der Waals surface area (Å²) in [5.74, 6) is -1.32. The molecular weight excluding hydrogens is 532 g/mol. The van der Waals surface area contributed by atoms with Gasteiger partial charge in [-0.3, -0.25) is 9.59 Å². The van der Waals surface area contributed by atoms with Crippen LogP contribution in [0.4, 0.5) is 9.59 Å². The van der Waals surface area contributed by atoms with Crippen LogP contribution in [0.5, 0.6) is 0 Å². The Balaban J connectivity index is 1.40. The second-order valence-corrected chi connectivity index (χ2v) is 11.9. The Labute approximate surface area is 248 Å². The van der Waals surface area contributed by atoms with Crippen molar-refractivity contribution in [2.45, 2.75) is 65.5 Å². The molecule has 0 spiro atoms. The number of imide groups is 2. The van der Waals surface area contributed by atoms with E-state index in [0.29, 0.717) is 25.7 Å². The first-order chi connectivity index (χ1) is 20.2. The first kappa shape index (κ1) is 31.0. The van der Waals surface area contributed by atoms with Crippen molar-refractivity contribution in [3.63, 3.8) is 0 Å². The predicted octanol–water partition coefficient (Wildman–Crippen LogP) is 6.05. The lowest BCUT2D eigenvalue weighted by Gasteiger charge is -2.27. The number of hydrogen-bond donors (Lipinski definition) is 0. The third kappa shape index (κ3) is 7.46. The van der Waals surface area contributed by atoms with Crippen molar-refractivity contribution in [2.75, 3.05) is 13.2 Å². The molecule has 2 saturated heterocycles. The molecule has 0 N–H and O–H groups in total. The van der Waals surface area contributed by atoms with Crippen LogP contribution in [0.3, 0.4) is 0 Å². The number of cyclic esters (lactones) is 2. The van der Waals surface area contributed by atoms with Crippen LogP contribution in [0, 0.1) is 23.7 Å². The number of hydrogen-bond acceptors (Lipinski definition) is 6. The van der Waals surface area contributed by atoms with Gasteiger partial charge in [-0.2, -0.15) is 0 Å². The molecule has 2 fully saturated rings. The van der Waals surface area contributed by atoms with Gasteiger partial charge in [0.1, 0.15) is 13.2 Å². The number of allylic oxidation sites excluding steroid dienone is 2. The van der Waals surface area contributed by atoms with Gasteiger partial charge in [0.2, 0.25) is 11.8 Å². The Morgan fingerprint density at radius 1 is 0.690 bits per heavy atom. The minimum Gasteiger partial charge on any atom is -0.447 e. The first-order valence-electron chi connectivity index (χ1n) is 14.9. The molecule has 0 aliphatic carbocycles. The minimum atomic E-state index is -0.594. The third-order valence-electron chi connectivity index (χ3n) is 8.22. The zero-order valence-electron chi connectivity index (χ0n) is 25.0. The van der Waals surface area contributed by atoms with E-state index in [-0.39, 0.29) is 48.9 Å². The molecule has 2 aliphatic rings. The van der Waals surface area contributed by atoms with E-state index in [2.05, 4.69) is 0 Å². The molecule has 8 heteroatoms. The number of carbonyl (C=O) groups is 4. The van der Waals surface area contributed by atoms with Gasteiger partial charge in [0.25, 0.3) is 0 Å². The van der Waals surface area contributed by atoms with Gasteiger partial charge in [-0.15, -0.1) is 0 Å². The zero-order chi connectivity index (χ0) is 30.2. The number of amides is 4. The summed E-state index contributed by atoms with van der Waals surface area (Å²) in [6.45, 7) is 8.24. The molecule has 2 aromatic carbocycles. The van der Waals surface area contributed by atoms with E-state index in [0.717, 1.165) is 11.1 Å². The summed E-state index contributed by atoms with van der Waals surface area (Å²) < 4.78 is 10.6. The SMILES string of the molecule is CC(C)C(C/C=C/CC(C(=O)N1C(=O)OC[C@@H]1Cc1ccccc1)C(C)C)C(=O)N1C(=O)OC[C@@H]1Cc1ccccc1. The topological polar surface area (TPSA) is 93.2 Å². The molecule has 0 saturated carbocycles. The normalized spacial score (nSPS) is 20.3. The van der Waals surface area contributed by atoms with Crippen LogP contribution in [0.25, 0.3) is 0 Å². The highest BCUT2D eigenvalue weighted by Crippen LogP contribution is 2.28. The highest BCUT2D eigenvalue weighted by molar-refractivity contribution is 5.95. The molecule has 0 aromatic heterocycles. The van der Waals surface area contributed by atoms with Crippen molar-refractivity contribution in [3.8, 4) is 0 Å². The van der Waals surface area contributed by atoms with Crippen molar-refractivity contribution in [2.24, 2.45) is 23.7 Å². The molecule has 4 rings (SSSR count). The quantitative estimate of drug-likeness (QED) is 0.287. The molecule has 2 aromatic rings. The predicted molar refractivity (Wildman–Crippen MR) is 159 cm³/mol. The van der Waals surface area contributed by atoms with E-state index in [1.54, 1.807) is 0 Å². The van der Waals surface area contributed by atoms with Gasteiger partial charge in [-0.25, -0.2) is 19.4 Å². The number of ether oxygens (including phenoxy) is 2. The molecule has 224 valence electrons. The van der Waals surface area contributed by atoms with E-state index < -0.39 is 24.0 Å². The lowest BCUT2D eigenvalue weighted by molar-refractivity contribution is -0.135. The molecule has 4 amide bonds. The number of rotatable bonds is 12. The third-order valence-corrected chi connectivity index (χ3v) is 8.22. The molecule has 4 atom stereocenters. The summed E-state index contributed by atoms with van der Waals surface area (Å²) in [6, 6.07) is 18.8. The van der Waals surface area contributed by atoms with E-state index in [4.69, 9.17) is 9.47 Å². The number of nitrogens with zero attached hydrogens (tertiary/aromatic N) is 2. The summed E-state index contributed by atoms with van der Waals surface area (Å²) in [4.78, 5) is 55.0. The maximum absolute atomic E-state index is 13.6. The first-order valence-corrected chi connectivity index (χ1v) is 14.9. The van der Waals surface area contributed by atoms with Gasteiger partial charge in [0.05, 0.1) is 12.1 Å². The van der Waals surface area contributed by atoms with Crippen LogP contribution in [-0.2, 0) is 31.9 Å². The molecule has 2 unspecified atom stereocenters. The fourth-order valence-electron chi connectivity index (χ4n) is 5.69. The Bertz CT molecular complexity index is 1160. The van der Waals surface area contributed by atoms with Crippen molar-refractivity contribution >= 4 is 24.0 Å². The second-order valence-electron chi connectivity index (χ2n) is 11.9. The fourth-order valence-corrected chi connectivity index (χ4v) is 5.69. The van der Waals surface area contributed by atoms with Gasteiger partial charge in [0.15, 0.2) is 0 Å². The van der Waals surface area contributed by atoms with Crippen LogP contribution in [-0.4, -0.2) is 59.1 Å². The second kappa shape index (κ2) is 14.3. The Morgan fingerprint density at radius 3 is 1.38 bits per heavy atom. The monoisotopic (exact) mass is 574 g/mol. The standard InChI is InChI=1S/C34H42N2O6/c1-23(2)29(31(37)35-27(21-41-33(35)39)19-25-13-7-5-8-14-25)17-11-12-18-30(24(3)4)32(38)36-28(22-42-34(36)40)20-26-15-9-6-10-16-26/h5-16,23-24,27-30H,17-22H2,1-4H3/b12-11+/t27-,28-,29?,30?/m0/s1. The van der Waals surface area contributed by atoms with Crippen molar-refractivity contribution in [1.29, 1.82) is 0 Å². The average molecular weight is 575 g/mol. The summed E-state index contributed by atoms with van der Waals surface area (Å²) >= 11 is 0. The number of benzene rings is 2. The summed E-state index contributed by atoms with van der Waals surface area (Å²) in [5.41, 5.74) is 2.08. The maximum atomic E-state index is 13.6. The Hall–Kier alpha value is -3.94. The summed E-state index contributed by atoms with van der Waals surface area (Å²) in [6.07, 6.45) is 4.60. The minimum absolute atomic E-state index is 0.00596. The smallest absolute Gasteiger partial charge is 0.416 e. The lowest BCUT2D eigenvalue weighted by Crippen LogP contribution is -2.45. The van der Waals surface area contributed by atoms with Gasteiger partial charge in [-0.1, -0.05) is 101 Å². The Kier molecular flexibility index (Phi) is 10.6. The maximum Gasteiger partial charge on any atom is 0.416 e. The van der Waals surface area contributed by atoms with E-state index in [1.165, 1.54) is 9.80 Å². The van der Waals surface area contributed by atoms with Crippen molar-refractivity contribution in [1.82, 2.24) is 9.80 Å². The molecule has 2 aliphatic heterocycles. The Morgan fingerprint density at radius 2 is 1.05 bits per heavy atom. The van der Waals surface area contributed by atoms with Crippen LogP contribution in [0.2, 0.25) is 0 Å². The van der Waals surface area contributed by atoms with Crippen LogP contribution >= 0.6 is 0 Å². The fraction of sp³-hybridized carbons (Fsp3) is 0.471. The van der Waals surface area contributed by atoms with Gasteiger partial charge in [0, 0.05) is 11.8 Å². The molecule has 8 nitrogen and oxygen atoms in total. The highest BCUT2D eigenvalue weighted by atomic mass is 16.6. The van der Waals surface area contributed by atoms with Gasteiger partial charge in [-0.05, 0) is 48.6 Å².